The number of nitrogens with zero attached hydrogens (tertiary/aromatic N) is 6. The van der Waals surface area contributed by atoms with Crippen molar-refractivity contribution in [2.24, 2.45) is 0 Å². The summed E-state index contributed by atoms with van der Waals surface area (Å²) in [4.78, 5) is 16.8. The van der Waals surface area contributed by atoms with Gasteiger partial charge >= 0.3 is 0 Å². The summed E-state index contributed by atoms with van der Waals surface area (Å²) in [6, 6.07) is 6.56. The van der Waals surface area contributed by atoms with E-state index in [1.54, 1.807) is 40.5 Å². The smallest absolute Gasteiger partial charge is 0.263 e. The standard InChI is InChI=1S/C16H12FN7OS/c17-12-7-11(1-2-13(12)23-5-4-18-9-23)8-19-16(25)15-14(3-6-26-15)24-10-20-21-22-24/h1-7,9-10H,8H2,(H,19,25). The van der Waals surface area contributed by atoms with Gasteiger partial charge in [-0.1, -0.05) is 6.07 Å². The third kappa shape index (κ3) is 3.09. The highest BCUT2D eigenvalue weighted by molar-refractivity contribution is 7.12. The van der Waals surface area contributed by atoms with Crippen LogP contribution in [0.1, 0.15) is 15.2 Å². The van der Waals surface area contributed by atoms with E-state index in [0.29, 0.717) is 21.8 Å². The molecule has 0 fully saturated rings. The molecule has 1 N–H and O–H groups in total. The van der Waals surface area contributed by atoms with Gasteiger partial charge in [0.1, 0.15) is 17.0 Å². The summed E-state index contributed by atoms with van der Waals surface area (Å²) < 4.78 is 17.3. The molecule has 0 unspecified atom stereocenters. The molecular formula is C16H12FN7OS. The molecular weight excluding hydrogens is 357 g/mol. The molecule has 0 radical (unpaired) electrons. The molecule has 0 aliphatic heterocycles. The summed E-state index contributed by atoms with van der Waals surface area (Å²) in [5.74, 6) is -0.662. The predicted octanol–water partition coefficient (Wildman–Crippen LogP) is 1.98. The van der Waals surface area contributed by atoms with E-state index in [1.807, 2.05) is 0 Å². The van der Waals surface area contributed by atoms with Crippen LogP contribution in [0.3, 0.4) is 0 Å². The second-order valence-electron chi connectivity index (χ2n) is 5.33. The normalized spacial score (nSPS) is 10.8. The van der Waals surface area contributed by atoms with Crippen molar-refractivity contribution in [2.45, 2.75) is 6.54 Å². The minimum Gasteiger partial charge on any atom is -0.347 e. The first-order valence-corrected chi connectivity index (χ1v) is 8.46. The second kappa shape index (κ2) is 6.84. The molecule has 0 aliphatic carbocycles. The lowest BCUT2D eigenvalue weighted by Gasteiger charge is -2.08. The molecule has 1 amide bonds. The highest BCUT2D eigenvalue weighted by Crippen LogP contribution is 2.20. The van der Waals surface area contributed by atoms with Crippen LogP contribution in [0, 0.1) is 5.82 Å². The number of carbonyl (C=O) groups is 1. The number of aromatic nitrogens is 6. The highest BCUT2D eigenvalue weighted by atomic mass is 32.1. The van der Waals surface area contributed by atoms with Crippen molar-refractivity contribution in [3.8, 4) is 11.4 Å². The molecule has 0 saturated heterocycles. The number of thiophene rings is 1. The second-order valence-corrected chi connectivity index (χ2v) is 6.24. The number of benzene rings is 1. The number of rotatable bonds is 5. The molecule has 4 aromatic rings. The summed E-state index contributed by atoms with van der Waals surface area (Å²) in [7, 11) is 0. The maximum atomic E-state index is 14.3. The van der Waals surface area contributed by atoms with E-state index in [1.165, 1.54) is 34.7 Å². The zero-order chi connectivity index (χ0) is 17.9. The summed E-state index contributed by atoms with van der Waals surface area (Å²) in [6.45, 7) is 0.201. The van der Waals surface area contributed by atoms with Gasteiger partial charge in [-0.3, -0.25) is 4.79 Å². The van der Waals surface area contributed by atoms with Crippen LogP contribution in [0.25, 0.3) is 11.4 Å². The maximum absolute atomic E-state index is 14.3. The first kappa shape index (κ1) is 16.1. The van der Waals surface area contributed by atoms with Crippen LogP contribution in [0.5, 0.6) is 0 Å². The number of carbonyl (C=O) groups excluding carboxylic acids is 1. The Kier molecular flexibility index (Phi) is 4.23. The number of tetrazole rings is 1. The minimum atomic E-state index is -0.389. The van der Waals surface area contributed by atoms with Gasteiger partial charge in [0, 0.05) is 18.9 Å². The number of halogens is 1. The number of amides is 1. The van der Waals surface area contributed by atoms with Gasteiger partial charge in [-0.15, -0.1) is 16.4 Å². The van der Waals surface area contributed by atoms with Gasteiger partial charge in [0.2, 0.25) is 0 Å². The van der Waals surface area contributed by atoms with Gasteiger partial charge < -0.3 is 9.88 Å². The Morgan fingerprint density at radius 2 is 2.15 bits per heavy atom. The SMILES string of the molecule is O=C(NCc1ccc(-n2ccnc2)c(F)c1)c1sccc1-n1cnnn1. The molecule has 3 heterocycles. The molecule has 8 nitrogen and oxygen atoms in total. The van der Waals surface area contributed by atoms with Crippen molar-refractivity contribution >= 4 is 17.2 Å². The van der Waals surface area contributed by atoms with Gasteiger partial charge in [0.05, 0.1) is 17.7 Å². The third-order valence-corrected chi connectivity index (χ3v) is 4.60. The number of hydrogen-bond acceptors (Lipinski definition) is 6. The average Bonchev–Trinajstić information content (AvgIpc) is 3.41. The first-order chi connectivity index (χ1) is 12.7. The van der Waals surface area contributed by atoms with E-state index in [4.69, 9.17) is 0 Å². The van der Waals surface area contributed by atoms with Crippen LogP contribution in [0.15, 0.2) is 54.7 Å². The van der Waals surface area contributed by atoms with Crippen molar-refractivity contribution < 1.29 is 9.18 Å². The molecule has 10 heteroatoms. The van der Waals surface area contributed by atoms with E-state index in [9.17, 15) is 9.18 Å². The maximum Gasteiger partial charge on any atom is 0.263 e. The van der Waals surface area contributed by atoms with Gasteiger partial charge in [-0.05, 0) is 39.6 Å². The molecule has 1 aromatic carbocycles. The fraction of sp³-hybridized carbons (Fsp3) is 0.0625. The van der Waals surface area contributed by atoms with Crippen LogP contribution < -0.4 is 5.32 Å². The Morgan fingerprint density at radius 3 is 2.88 bits per heavy atom. The summed E-state index contributed by atoms with van der Waals surface area (Å²) >= 11 is 1.28. The molecule has 0 spiro atoms. The number of hydrogen-bond donors (Lipinski definition) is 1. The average molecular weight is 369 g/mol. The van der Waals surface area contributed by atoms with Crippen molar-refractivity contribution in [3.63, 3.8) is 0 Å². The van der Waals surface area contributed by atoms with Crippen LogP contribution in [0.4, 0.5) is 4.39 Å². The van der Waals surface area contributed by atoms with Crippen molar-refractivity contribution in [1.82, 2.24) is 35.1 Å². The molecule has 3 aromatic heterocycles. The summed E-state index contributed by atoms with van der Waals surface area (Å²) in [5, 5.41) is 15.5. The Balaban J connectivity index is 1.47. The first-order valence-electron chi connectivity index (χ1n) is 7.58. The van der Waals surface area contributed by atoms with Crippen molar-refractivity contribution in [3.05, 3.63) is 71.0 Å². The lowest BCUT2D eigenvalue weighted by atomic mass is 10.2. The van der Waals surface area contributed by atoms with Gasteiger partial charge in [-0.2, -0.15) is 4.68 Å². The largest absolute Gasteiger partial charge is 0.347 e. The quantitative estimate of drug-likeness (QED) is 0.581. The van der Waals surface area contributed by atoms with Gasteiger partial charge in [0.25, 0.3) is 5.91 Å². The Morgan fingerprint density at radius 1 is 1.23 bits per heavy atom. The topological polar surface area (TPSA) is 90.5 Å². The van der Waals surface area contributed by atoms with E-state index in [2.05, 4.69) is 25.8 Å². The fourth-order valence-electron chi connectivity index (χ4n) is 2.46. The Labute approximate surface area is 150 Å². The van der Waals surface area contributed by atoms with E-state index in [-0.39, 0.29) is 18.3 Å². The molecule has 0 atom stereocenters. The number of nitrogens with one attached hydrogen (secondary N) is 1. The van der Waals surface area contributed by atoms with E-state index < -0.39 is 0 Å². The molecule has 0 bridgehead atoms. The van der Waals surface area contributed by atoms with E-state index >= 15 is 0 Å². The van der Waals surface area contributed by atoms with Crippen LogP contribution >= 0.6 is 11.3 Å². The number of imidazole rings is 1. The van der Waals surface area contributed by atoms with E-state index in [0.717, 1.165) is 0 Å². The Bertz CT molecular complexity index is 1030. The van der Waals surface area contributed by atoms with Crippen molar-refractivity contribution in [2.75, 3.05) is 0 Å². The van der Waals surface area contributed by atoms with Crippen LogP contribution in [0.2, 0.25) is 0 Å². The highest BCUT2D eigenvalue weighted by Gasteiger charge is 2.15. The van der Waals surface area contributed by atoms with Gasteiger partial charge in [-0.25, -0.2) is 9.37 Å². The molecule has 130 valence electrons. The Hall–Kier alpha value is -3.40. The lowest BCUT2D eigenvalue weighted by molar-refractivity contribution is 0.0955. The molecule has 26 heavy (non-hydrogen) atoms. The predicted molar refractivity (Wildman–Crippen MR) is 91.7 cm³/mol. The summed E-state index contributed by atoms with van der Waals surface area (Å²) in [6.07, 6.45) is 6.19. The minimum absolute atomic E-state index is 0.201. The van der Waals surface area contributed by atoms with Gasteiger partial charge in [0.15, 0.2) is 0 Å². The lowest BCUT2D eigenvalue weighted by Crippen LogP contribution is -2.23. The molecule has 0 aliphatic rings. The fourth-order valence-corrected chi connectivity index (χ4v) is 3.25. The molecule has 4 rings (SSSR count). The monoisotopic (exact) mass is 369 g/mol. The van der Waals surface area contributed by atoms with Crippen LogP contribution in [-0.2, 0) is 6.54 Å². The molecule has 0 saturated carbocycles. The third-order valence-electron chi connectivity index (χ3n) is 3.69. The van der Waals surface area contributed by atoms with Crippen LogP contribution in [-0.4, -0.2) is 35.7 Å². The summed E-state index contributed by atoms with van der Waals surface area (Å²) in [5.41, 5.74) is 1.65. The zero-order valence-corrected chi connectivity index (χ0v) is 14.1. The zero-order valence-electron chi connectivity index (χ0n) is 13.3. The van der Waals surface area contributed by atoms with Crippen molar-refractivity contribution in [1.29, 1.82) is 0 Å².